The van der Waals surface area contributed by atoms with Crippen LogP contribution in [-0.2, 0) is 11.2 Å². The van der Waals surface area contributed by atoms with Crippen LogP contribution in [0.2, 0.25) is 0 Å². The first-order valence-corrected chi connectivity index (χ1v) is 5.84. The molecular formula is C15H14N2O2. The van der Waals surface area contributed by atoms with Crippen LogP contribution >= 0.6 is 0 Å². The second-order valence-corrected chi connectivity index (χ2v) is 4.26. The first kappa shape index (κ1) is 12.8. The molecule has 96 valence electrons. The molecule has 2 aromatic carbocycles. The van der Waals surface area contributed by atoms with E-state index in [1.807, 2.05) is 0 Å². The summed E-state index contributed by atoms with van der Waals surface area (Å²) < 4.78 is 0. The molecule has 0 heterocycles. The molecule has 4 heteroatoms. The quantitative estimate of drug-likeness (QED) is 0.640. The van der Waals surface area contributed by atoms with Crippen LogP contribution in [0.5, 0.6) is 0 Å². The number of anilines is 1. The van der Waals surface area contributed by atoms with E-state index in [1.54, 1.807) is 48.5 Å². The Labute approximate surface area is 111 Å². The van der Waals surface area contributed by atoms with Crippen LogP contribution in [0, 0.1) is 0 Å². The van der Waals surface area contributed by atoms with Gasteiger partial charge in [-0.25, -0.2) is 0 Å². The van der Waals surface area contributed by atoms with Gasteiger partial charge < -0.3 is 11.5 Å². The Balaban J connectivity index is 2.34. The lowest BCUT2D eigenvalue weighted by Crippen LogP contribution is -2.14. The number of hydrogen-bond donors (Lipinski definition) is 2. The van der Waals surface area contributed by atoms with Crippen molar-refractivity contribution in [2.24, 2.45) is 5.73 Å². The largest absolute Gasteiger partial charge is 0.398 e. The summed E-state index contributed by atoms with van der Waals surface area (Å²) in [7, 11) is 0. The summed E-state index contributed by atoms with van der Waals surface area (Å²) in [6.07, 6.45) is 0.116. The maximum atomic E-state index is 12.3. The molecule has 2 rings (SSSR count). The van der Waals surface area contributed by atoms with Crippen molar-refractivity contribution in [2.45, 2.75) is 6.42 Å². The van der Waals surface area contributed by atoms with Crippen molar-refractivity contribution in [1.82, 2.24) is 0 Å². The van der Waals surface area contributed by atoms with E-state index in [0.717, 1.165) is 0 Å². The van der Waals surface area contributed by atoms with E-state index in [1.165, 1.54) is 0 Å². The first-order chi connectivity index (χ1) is 9.08. The van der Waals surface area contributed by atoms with E-state index in [0.29, 0.717) is 22.4 Å². The van der Waals surface area contributed by atoms with Crippen LogP contribution in [0.4, 0.5) is 5.69 Å². The molecule has 0 aromatic heterocycles. The van der Waals surface area contributed by atoms with Gasteiger partial charge in [-0.15, -0.1) is 0 Å². The Morgan fingerprint density at radius 3 is 2.42 bits per heavy atom. The second kappa shape index (κ2) is 5.35. The normalized spacial score (nSPS) is 10.1. The van der Waals surface area contributed by atoms with E-state index >= 15 is 0 Å². The molecule has 0 unspecified atom stereocenters. The van der Waals surface area contributed by atoms with Crippen molar-refractivity contribution >= 4 is 17.4 Å². The van der Waals surface area contributed by atoms with Crippen molar-refractivity contribution in [1.29, 1.82) is 0 Å². The Morgan fingerprint density at radius 2 is 1.74 bits per heavy atom. The zero-order valence-electron chi connectivity index (χ0n) is 10.3. The van der Waals surface area contributed by atoms with Gasteiger partial charge in [-0.2, -0.15) is 0 Å². The zero-order valence-corrected chi connectivity index (χ0v) is 10.3. The van der Waals surface area contributed by atoms with Crippen molar-refractivity contribution in [3.8, 4) is 0 Å². The van der Waals surface area contributed by atoms with E-state index in [9.17, 15) is 9.59 Å². The fourth-order valence-electron chi connectivity index (χ4n) is 1.88. The predicted octanol–water partition coefficient (Wildman–Crippen LogP) is 1.53. The SMILES string of the molecule is NC(=O)Cc1cccc(C(=O)c2ccccc2N)c1. The number of carbonyl (C=O) groups excluding carboxylic acids is 2. The van der Waals surface area contributed by atoms with Gasteiger partial charge in [0.1, 0.15) is 0 Å². The molecule has 0 saturated heterocycles. The van der Waals surface area contributed by atoms with Gasteiger partial charge in [0.2, 0.25) is 5.91 Å². The van der Waals surface area contributed by atoms with Crippen molar-refractivity contribution in [2.75, 3.05) is 5.73 Å². The number of nitrogen functional groups attached to an aromatic ring is 1. The van der Waals surface area contributed by atoms with Crippen LogP contribution in [0.3, 0.4) is 0 Å². The van der Waals surface area contributed by atoms with Gasteiger partial charge >= 0.3 is 0 Å². The lowest BCUT2D eigenvalue weighted by molar-refractivity contribution is -0.117. The third-order valence-electron chi connectivity index (χ3n) is 2.77. The first-order valence-electron chi connectivity index (χ1n) is 5.84. The molecule has 2 aromatic rings. The summed E-state index contributed by atoms with van der Waals surface area (Å²) in [6.45, 7) is 0. The highest BCUT2D eigenvalue weighted by atomic mass is 16.1. The Morgan fingerprint density at radius 1 is 1.00 bits per heavy atom. The van der Waals surface area contributed by atoms with Gasteiger partial charge in [-0.3, -0.25) is 9.59 Å². The number of carbonyl (C=O) groups is 2. The number of rotatable bonds is 4. The minimum Gasteiger partial charge on any atom is -0.398 e. The highest BCUT2D eigenvalue weighted by Crippen LogP contribution is 2.17. The Hall–Kier alpha value is -2.62. The number of para-hydroxylation sites is 1. The average Bonchev–Trinajstić information content (AvgIpc) is 2.38. The van der Waals surface area contributed by atoms with Gasteiger partial charge in [0, 0.05) is 16.8 Å². The third-order valence-corrected chi connectivity index (χ3v) is 2.77. The van der Waals surface area contributed by atoms with Crippen molar-refractivity contribution in [3.63, 3.8) is 0 Å². The van der Waals surface area contributed by atoms with Crippen LogP contribution in [0.1, 0.15) is 21.5 Å². The molecule has 0 atom stereocenters. The molecule has 0 fully saturated rings. The fraction of sp³-hybridized carbons (Fsp3) is 0.0667. The number of amides is 1. The topological polar surface area (TPSA) is 86.2 Å². The lowest BCUT2D eigenvalue weighted by Gasteiger charge is -2.06. The molecule has 4 nitrogen and oxygen atoms in total. The highest BCUT2D eigenvalue weighted by Gasteiger charge is 2.12. The maximum absolute atomic E-state index is 12.3. The molecule has 0 spiro atoms. The highest BCUT2D eigenvalue weighted by molar-refractivity contribution is 6.12. The van der Waals surface area contributed by atoms with E-state index in [4.69, 9.17) is 11.5 Å². The predicted molar refractivity (Wildman–Crippen MR) is 73.6 cm³/mol. The Bertz CT molecular complexity index is 636. The number of hydrogen-bond acceptors (Lipinski definition) is 3. The molecule has 0 aliphatic carbocycles. The summed E-state index contributed by atoms with van der Waals surface area (Å²) >= 11 is 0. The zero-order chi connectivity index (χ0) is 13.8. The van der Waals surface area contributed by atoms with Crippen molar-refractivity contribution in [3.05, 3.63) is 65.2 Å². The number of benzene rings is 2. The summed E-state index contributed by atoms with van der Waals surface area (Å²) in [6, 6.07) is 13.7. The molecule has 0 aliphatic rings. The van der Waals surface area contributed by atoms with Crippen LogP contribution < -0.4 is 11.5 Å². The lowest BCUT2D eigenvalue weighted by atomic mass is 9.99. The van der Waals surface area contributed by atoms with Gasteiger partial charge in [-0.05, 0) is 23.8 Å². The van der Waals surface area contributed by atoms with Gasteiger partial charge in [-0.1, -0.05) is 30.3 Å². The number of nitrogens with two attached hydrogens (primary N) is 2. The second-order valence-electron chi connectivity index (χ2n) is 4.26. The smallest absolute Gasteiger partial charge is 0.221 e. The van der Waals surface area contributed by atoms with Crippen molar-refractivity contribution < 1.29 is 9.59 Å². The molecular weight excluding hydrogens is 240 g/mol. The van der Waals surface area contributed by atoms with E-state index < -0.39 is 5.91 Å². The van der Waals surface area contributed by atoms with Crippen LogP contribution in [0.15, 0.2) is 48.5 Å². The van der Waals surface area contributed by atoms with Crippen LogP contribution in [0.25, 0.3) is 0 Å². The number of ketones is 1. The molecule has 19 heavy (non-hydrogen) atoms. The summed E-state index contributed by atoms with van der Waals surface area (Å²) in [5.41, 5.74) is 13.0. The molecule has 0 saturated carbocycles. The monoisotopic (exact) mass is 254 g/mol. The van der Waals surface area contributed by atoms with E-state index in [-0.39, 0.29) is 12.2 Å². The molecule has 4 N–H and O–H groups in total. The molecule has 1 amide bonds. The minimum atomic E-state index is -0.427. The summed E-state index contributed by atoms with van der Waals surface area (Å²) in [5.74, 6) is -0.590. The van der Waals surface area contributed by atoms with E-state index in [2.05, 4.69) is 0 Å². The van der Waals surface area contributed by atoms with Crippen LogP contribution in [-0.4, -0.2) is 11.7 Å². The molecule has 0 bridgehead atoms. The van der Waals surface area contributed by atoms with Gasteiger partial charge in [0.15, 0.2) is 5.78 Å². The minimum absolute atomic E-state index is 0.116. The maximum Gasteiger partial charge on any atom is 0.221 e. The Kier molecular flexibility index (Phi) is 3.61. The van der Waals surface area contributed by atoms with Gasteiger partial charge in [0.25, 0.3) is 0 Å². The van der Waals surface area contributed by atoms with Gasteiger partial charge in [0.05, 0.1) is 6.42 Å². The fourth-order valence-corrected chi connectivity index (χ4v) is 1.88. The third kappa shape index (κ3) is 2.98. The molecule has 0 radical (unpaired) electrons. The summed E-state index contributed by atoms with van der Waals surface area (Å²) in [5, 5.41) is 0. The average molecular weight is 254 g/mol. The standard InChI is InChI=1S/C15H14N2O2/c16-13-7-2-1-6-12(13)15(19)11-5-3-4-10(8-11)9-14(17)18/h1-8H,9,16H2,(H2,17,18). The number of primary amides is 1. The molecule has 0 aliphatic heterocycles. The summed E-state index contributed by atoms with van der Waals surface area (Å²) in [4.78, 5) is 23.2.